The summed E-state index contributed by atoms with van der Waals surface area (Å²) in [6.07, 6.45) is 0.203. The fourth-order valence-corrected chi connectivity index (χ4v) is 2.42. The lowest BCUT2D eigenvalue weighted by molar-refractivity contribution is -0.137. The monoisotopic (exact) mass is 267 g/mol. The lowest BCUT2D eigenvalue weighted by atomic mass is 10.1. The van der Waals surface area contributed by atoms with Crippen LogP contribution in [0.4, 0.5) is 5.69 Å². The van der Waals surface area contributed by atoms with Gasteiger partial charge in [0.2, 0.25) is 0 Å². The minimum Gasteiger partial charge on any atom is -0.481 e. The molecule has 0 radical (unpaired) electrons. The van der Waals surface area contributed by atoms with Crippen molar-refractivity contribution in [3.8, 4) is 0 Å². The summed E-state index contributed by atoms with van der Waals surface area (Å²) in [5.74, 6) is -0.611. The van der Waals surface area contributed by atoms with E-state index in [1.165, 1.54) is 4.90 Å². The Balaban J connectivity index is 2.41. The molecular formula is C14H21NO2S. The second kappa shape index (κ2) is 7.31. The van der Waals surface area contributed by atoms with Crippen LogP contribution in [-0.4, -0.2) is 22.9 Å². The second-order valence-corrected chi connectivity index (χ2v) is 6.42. The first-order valence-electron chi connectivity index (χ1n) is 6.19. The van der Waals surface area contributed by atoms with Crippen molar-refractivity contribution in [3.05, 3.63) is 24.3 Å². The number of carboxylic acid groups (broad SMARTS) is 1. The molecular weight excluding hydrogens is 246 g/mol. The van der Waals surface area contributed by atoms with Gasteiger partial charge in [0.1, 0.15) is 0 Å². The zero-order valence-corrected chi connectivity index (χ0v) is 12.0. The van der Waals surface area contributed by atoms with Crippen molar-refractivity contribution in [3.63, 3.8) is 0 Å². The van der Waals surface area contributed by atoms with Crippen LogP contribution >= 0.6 is 11.8 Å². The molecule has 1 atom stereocenters. The number of rotatable bonds is 7. The van der Waals surface area contributed by atoms with Gasteiger partial charge in [0.15, 0.2) is 0 Å². The number of benzene rings is 1. The summed E-state index contributed by atoms with van der Waals surface area (Å²) < 4.78 is 0. The summed E-state index contributed by atoms with van der Waals surface area (Å²) in [7, 11) is 0. The van der Waals surface area contributed by atoms with E-state index in [1.54, 1.807) is 0 Å². The molecule has 3 nitrogen and oxygen atoms in total. The van der Waals surface area contributed by atoms with Gasteiger partial charge in [0.25, 0.3) is 0 Å². The van der Waals surface area contributed by atoms with Crippen LogP contribution in [0.5, 0.6) is 0 Å². The molecule has 0 saturated carbocycles. The van der Waals surface area contributed by atoms with E-state index in [9.17, 15) is 4.79 Å². The zero-order chi connectivity index (χ0) is 13.5. The van der Waals surface area contributed by atoms with Crippen LogP contribution in [0, 0.1) is 5.92 Å². The van der Waals surface area contributed by atoms with Crippen LogP contribution < -0.4 is 5.32 Å². The van der Waals surface area contributed by atoms with Gasteiger partial charge < -0.3 is 10.4 Å². The normalized spacial score (nSPS) is 12.4. The van der Waals surface area contributed by atoms with Gasteiger partial charge in [0.05, 0.1) is 0 Å². The molecule has 18 heavy (non-hydrogen) atoms. The number of carboxylic acids is 1. The van der Waals surface area contributed by atoms with Crippen LogP contribution in [0.1, 0.15) is 27.2 Å². The molecule has 1 rings (SSSR count). The second-order valence-electron chi connectivity index (χ2n) is 4.77. The number of carbonyl (C=O) groups is 1. The Hall–Kier alpha value is -1.16. The van der Waals surface area contributed by atoms with Crippen LogP contribution in [0.25, 0.3) is 0 Å². The van der Waals surface area contributed by atoms with E-state index >= 15 is 0 Å². The van der Waals surface area contributed by atoms with Gasteiger partial charge in [-0.25, -0.2) is 0 Å². The lowest BCUT2D eigenvalue weighted by Crippen LogP contribution is -2.14. The molecule has 1 aromatic rings. The quantitative estimate of drug-likeness (QED) is 0.739. The van der Waals surface area contributed by atoms with E-state index in [0.717, 1.165) is 5.69 Å². The maximum absolute atomic E-state index is 10.5. The van der Waals surface area contributed by atoms with Crippen molar-refractivity contribution in [1.29, 1.82) is 0 Å². The predicted molar refractivity (Wildman–Crippen MR) is 77.3 cm³/mol. The highest BCUT2D eigenvalue weighted by molar-refractivity contribution is 7.99. The van der Waals surface area contributed by atoms with E-state index in [0.29, 0.717) is 11.8 Å². The molecule has 0 saturated heterocycles. The first-order valence-corrected chi connectivity index (χ1v) is 7.07. The first kappa shape index (κ1) is 14.9. The standard InChI is InChI=1S/C14H21NO2S/c1-10(2)18-13-6-4-12(5-7-13)15-9-11(3)8-14(16)17/h4-7,10-11,15H,8-9H2,1-3H3,(H,16,17). The number of aliphatic carboxylic acids is 1. The molecule has 0 spiro atoms. The summed E-state index contributed by atoms with van der Waals surface area (Å²) in [6.45, 7) is 6.96. The molecule has 100 valence electrons. The molecule has 1 aromatic carbocycles. The summed E-state index contributed by atoms with van der Waals surface area (Å²) in [6, 6.07) is 8.26. The topological polar surface area (TPSA) is 49.3 Å². The maximum atomic E-state index is 10.5. The maximum Gasteiger partial charge on any atom is 0.303 e. The lowest BCUT2D eigenvalue weighted by Gasteiger charge is -2.12. The summed E-state index contributed by atoms with van der Waals surface area (Å²) in [5.41, 5.74) is 1.04. The molecule has 1 unspecified atom stereocenters. The van der Waals surface area contributed by atoms with Crippen molar-refractivity contribution in [1.82, 2.24) is 0 Å². The highest BCUT2D eigenvalue weighted by Gasteiger charge is 2.07. The fraction of sp³-hybridized carbons (Fsp3) is 0.500. The summed E-state index contributed by atoms with van der Waals surface area (Å²) in [5, 5.41) is 12.5. The molecule has 0 aliphatic rings. The van der Waals surface area contributed by atoms with Crippen molar-refractivity contribution >= 4 is 23.4 Å². The molecule has 0 amide bonds. The third-order valence-electron chi connectivity index (χ3n) is 2.40. The average Bonchev–Trinajstić information content (AvgIpc) is 2.26. The number of anilines is 1. The number of thioether (sulfide) groups is 1. The van der Waals surface area contributed by atoms with Gasteiger partial charge in [-0.15, -0.1) is 11.8 Å². The Bertz CT molecular complexity index is 376. The molecule has 4 heteroatoms. The van der Waals surface area contributed by atoms with E-state index < -0.39 is 5.97 Å². The Labute approximate surface area is 113 Å². The number of hydrogen-bond donors (Lipinski definition) is 2. The van der Waals surface area contributed by atoms with E-state index in [2.05, 4.69) is 31.3 Å². The third kappa shape index (κ3) is 5.96. The number of hydrogen-bond acceptors (Lipinski definition) is 3. The van der Waals surface area contributed by atoms with Gasteiger partial charge in [-0.2, -0.15) is 0 Å². The van der Waals surface area contributed by atoms with Gasteiger partial charge in [-0.3, -0.25) is 4.79 Å². The molecule has 0 fully saturated rings. The minimum atomic E-state index is -0.743. The molecule has 0 aliphatic carbocycles. The highest BCUT2D eigenvalue weighted by atomic mass is 32.2. The Morgan fingerprint density at radius 2 is 1.89 bits per heavy atom. The predicted octanol–water partition coefficient (Wildman–Crippen LogP) is 3.71. The highest BCUT2D eigenvalue weighted by Crippen LogP contribution is 2.24. The van der Waals surface area contributed by atoms with Gasteiger partial charge in [-0.1, -0.05) is 20.8 Å². The first-order chi connectivity index (χ1) is 8.47. The van der Waals surface area contributed by atoms with Crippen molar-refractivity contribution in [2.24, 2.45) is 5.92 Å². The van der Waals surface area contributed by atoms with Gasteiger partial charge >= 0.3 is 5.97 Å². The molecule has 2 N–H and O–H groups in total. The SMILES string of the molecule is CC(CNc1ccc(SC(C)C)cc1)CC(=O)O. The fourth-order valence-electron chi connectivity index (χ4n) is 1.59. The van der Waals surface area contributed by atoms with Crippen molar-refractivity contribution in [2.45, 2.75) is 37.3 Å². The van der Waals surface area contributed by atoms with E-state index in [4.69, 9.17) is 5.11 Å². The van der Waals surface area contributed by atoms with E-state index in [1.807, 2.05) is 30.8 Å². The van der Waals surface area contributed by atoms with Crippen molar-refractivity contribution < 1.29 is 9.90 Å². The number of nitrogens with one attached hydrogen (secondary N) is 1. The zero-order valence-electron chi connectivity index (χ0n) is 11.1. The molecule has 0 aromatic heterocycles. The Kier molecular flexibility index (Phi) is 6.05. The van der Waals surface area contributed by atoms with Crippen LogP contribution in [0.3, 0.4) is 0 Å². The van der Waals surface area contributed by atoms with Gasteiger partial charge in [0, 0.05) is 28.8 Å². The third-order valence-corrected chi connectivity index (χ3v) is 3.42. The minimum absolute atomic E-state index is 0.132. The van der Waals surface area contributed by atoms with Crippen LogP contribution in [-0.2, 0) is 4.79 Å². The molecule has 0 aliphatic heterocycles. The average molecular weight is 267 g/mol. The summed E-state index contributed by atoms with van der Waals surface area (Å²) in [4.78, 5) is 11.8. The van der Waals surface area contributed by atoms with Gasteiger partial charge in [-0.05, 0) is 30.2 Å². The Morgan fingerprint density at radius 1 is 1.28 bits per heavy atom. The Morgan fingerprint density at radius 3 is 2.39 bits per heavy atom. The molecule has 0 heterocycles. The largest absolute Gasteiger partial charge is 0.481 e. The van der Waals surface area contributed by atoms with Crippen LogP contribution in [0.2, 0.25) is 0 Å². The van der Waals surface area contributed by atoms with Crippen LogP contribution in [0.15, 0.2) is 29.2 Å². The smallest absolute Gasteiger partial charge is 0.303 e. The van der Waals surface area contributed by atoms with E-state index in [-0.39, 0.29) is 12.3 Å². The summed E-state index contributed by atoms with van der Waals surface area (Å²) >= 11 is 1.83. The molecule has 0 bridgehead atoms. The van der Waals surface area contributed by atoms with Crippen molar-refractivity contribution in [2.75, 3.05) is 11.9 Å².